The molecule has 0 aliphatic heterocycles. The Balaban J connectivity index is 2.09. The molecule has 2 rings (SSSR count). The molecule has 0 aliphatic carbocycles. The van der Waals surface area contributed by atoms with Gasteiger partial charge in [0.15, 0.2) is 5.82 Å². The topological polar surface area (TPSA) is 74.7 Å². The van der Waals surface area contributed by atoms with Crippen molar-refractivity contribution in [1.29, 1.82) is 5.26 Å². The van der Waals surface area contributed by atoms with Gasteiger partial charge in [0, 0.05) is 16.0 Å². The van der Waals surface area contributed by atoms with E-state index in [1.165, 1.54) is 9.75 Å². The van der Waals surface area contributed by atoms with Crippen LogP contribution in [0.3, 0.4) is 0 Å². The normalized spacial score (nSPS) is 10.0. The van der Waals surface area contributed by atoms with Gasteiger partial charge in [-0.2, -0.15) is 5.26 Å². The molecule has 0 aromatic carbocycles. The lowest BCUT2D eigenvalue weighted by molar-refractivity contribution is 1.14. The second kappa shape index (κ2) is 5.52. The minimum absolute atomic E-state index is 0.410. The highest BCUT2D eigenvalue weighted by molar-refractivity contribution is 7.12. The fraction of sp³-hybridized carbons (Fsp3) is 0.231. The molecule has 0 aliphatic rings. The van der Waals surface area contributed by atoms with Crippen LogP contribution in [-0.2, 0) is 13.0 Å². The highest BCUT2D eigenvalue weighted by Gasteiger charge is 2.06. The van der Waals surface area contributed by atoms with E-state index in [2.05, 4.69) is 29.4 Å². The van der Waals surface area contributed by atoms with Gasteiger partial charge < -0.3 is 11.1 Å². The largest absolute Gasteiger partial charge is 0.395 e. The molecule has 5 heteroatoms. The summed E-state index contributed by atoms with van der Waals surface area (Å²) in [7, 11) is 0. The molecular weight excluding hydrogens is 244 g/mol. The number of thiophene rings is 1. The zero-order valence-electron chi connectivity index (χ0n) is 10.1. The highest BCUT2D eigenvalue weighted by Crippen LogP contribution is 2.22. The van der Waals surface area contributed by atoms with E-state index in [-0.39, 0.29) is 0 Å². The second-order valence-electron chi connectivity index (χ2n) is 3.81. The Bertz CT molecular complexity index is 583. The Labute approximate surface area is 110 Å². The fourth-order valence-corrected chi connectivity index (χ4v) is 2.49. The summed E-state index contributed by atoms with van der Waals surface area (Å²) in [5.74, 6) is 0.570. The van der Waals surface area contributed by atoms with Crippen molar-refractivity contribution in [3.8, 4) is 6.07 Å². The van der Waals surface area contributed by atoms with Gasteiger partial charge >= 0.3 is 0 Å². The summed E-state index contributed by atoms with van der Waals surface area (Å²) >= 11 is 1.77. The molecule has 2 heterocycles. The van der Waals surface area contributed by atoms with E-state index in [4.69, 9.17) is 11.0 Å². The predicted octanol–water partition coefficient (Wildman–Crippen LogP) is 2.77. The maximum Gasteiger partial charge on any atom is 0.150 e. The van der Waals surface area contributed by atoms with Crippen LogP contribution < -0.4 is 11.1 Å². The van der Waals surface area contributed by atoms with Gasteiger partial charge in [-0.25, -0.2) is 4.98 Å². The number of rotatable bonds is 4. The van der Waals surface area contributed by atoms with Crippen LogP contribution >= 0.6 is 11.3 Å². The molecule has 0 amide bonds. The maximum atomic E-state index is 8.88. The number of nitrogen functional groups attached to an aromatic ring is 1. The van der Waals surface area contributed by atoms with Crippen LogP contribution in [0.15, 0.2) is 24.4 Å². The molecular formula is C13H14N4S. The Morgan fingerprint density at radius 3 is 2.83 bits per heavy atom. The monoisotopic (exact) mass is 258 g/mol. The lowest BCUT2D eigenvalue weighted by Gasteiger charge is -2.07. The van der Waals surface area contributed by atoms with Gasteiger partial charge in [-0.1, -0.05) is 6.92 Å². The van der Waals surface area contributed by atoms with Gasteiger partial charge in [0.05, 0.1) is 17.8 Å². The number of hydrogen-bond acceptors (Lipinski definition) is 5. The number of anilines is 2. The van der Waals surface area contributed by atoms with Crippen molar-refractivity contribution in [2.24, 2.45) is 0 Å². The van der Waals surface area contributed by atoms with Crippen molar-refractivity contribution < 1.29 is 0 Å². The SMILES string of the molecule is CCc1ccc(CNc2nccc(C#N)c2N)s1. The van der Waals surface area contributed by atoms with E-state index in [1.54, 1.807) is 23.6 Å². The average molecular weight is 258 g/mol. The first-order valence-electron chi connectivity index (χ1n) is 5.70. The minimum atomic E-state index is 0.410. The molecule has 2 aromatic heterocycles. The number of aromatic nitrogens is 1. The lowest BCUT2D eigenvalue weighted by Crippen LogP contribution is -2.04. The van der Waals surface area contributed by atoms with E-state index in [9.17, 15) is 0 Å². The number of nitrogens with one attached hydrogen (secondary N) is 1. The first-order chi connectivity index (χ1) is 8.74. The second-order valence-corrected chi connectivity index (χ2v) is 5.06. The van der Waals surface area contributed by atoms with Crippen molar-refractivity contribution in [2.75, 3.05) is 11.1 Å². The summed E-state index contributed by atoms with van der Waals surface area (Å²) < 4.78 is 0. The molecule has 0 spiro atoms. The van der Waals surface area contributed by atoms with Gasteiger partial charge in [0.2, 0.25) is 0 Å². The van der Waals surface area contributed by atoms with Crippen molar-refractivity contribution in [3.63, 3.8) is 0 Å². The van der Waals surface area contributed by atoms with E-state index >= 15 is 0 Å². The third kappa shape index (κ3) is 2.60. The minimum Gasteiger partial charge on any atom is -0.395 e. The average Bonchev–Trinajstić information content (AvgIpc) is 2.85. The number of nitrogens with two attached hydrogens (primary N) is 1. The summed E-state index contributed by atoms with van der Waals surface area (Å²) in [4.78, 5) is 6.74. The highest BCUT2D eigenvalue weighted by atomic mass is 32.1. The van der Waals surface area contributed by atoms with Gasteiger partial charge in [0.25, 0.3) is 0 Å². The number of nitriles is 1. The molecule has 0 fully saturated rings. The third-order valence-electron chi connectivity index (χ3n) is 2.61. The van der Waals surface area contributed by atoms with Gasteiger partial charge in [-0.15, -0.1) is 11.3 Å². The summed E-state index contributed by atoms with van der Waals surface area (Å²) in [6, 6.07) is 7.88. The Morgan fingerprint density at radius 2 is 2.17 bits per heavy atom. The molecule has 18 heavy (non-hydrogen) atoms. The molecule has 0 radical (unpaired) electrons. The van der Waals surface area contributed by atoms with E-state index in [0.29, 0.717) is 23.6 Å². The fourth-order valence-electron chi connectivity index (χ4n) is 1.59. The Kier molecular flexibility index (Phi) is 3.80. The number of pyridine rings is 1. The Hall–Kier alpha value is -2.06. The zero-order valence-corrected chi connectivity index (χ0v) is 10.9. The third-order valence-corrected chi connectivity index (χ3v) is 3.84. The van der Waals surface area contributed by atoms with E-state index < -0.39 is 0 Å². The quantitative estimate of drug-likeness (QED) is 0.884. The summed E-state index contributed by atoms with van der Waals surface area (Å²) in [5.41, 5.74) is 6.71. The molecule has 0 atom stereocenters. The van der Waals surface area contributed by atoms with E-state index in [1.807, 2.05) is 6.07 Å². The van der Waals surface area contributed by atoms with Crippen LogP contribution in [0.5, 0.6) is 0 Å². The Morgan fingerprint density at radius 1 is 1.39 bits per heavy atom. The zero-order chi connectivity index (χ0) is 13.0. The predicted molar refractivity (Wildman–Crippen MR) is 74.4 cm³/mol. The summed E-state index contributed by atoms with van der Waals surface area (Å²) in [5, 5.41) is 12.0. The molecule has 2 aromatic rings. The number of nitrogens with zero attached hydrogens (tertiary/aromatic N) is 2. The van der Waals surface area contributed by atoms with Crippen LogP contribution in [0.1, 0.15) is 22.2 Å². The number of hydrogen-bond donors (Lipinski definition) is 2. The summed E-state index contributed by atoms with van der Waals surface area (Å²) in [6.45, 7) is 2.82. The van der Waals surface area contributed by atoms with Crippen LogP contribution in [0.2, 0.25) is 0 Å². The molecule has 4 nitrogen and oxygen atoms in total. The molecule has 0 unspecified atom stereocenters. The lowest BCUT2D eigenvalue weighted by atomic mass is 10.2. The van der Waals surface area contributed by atoms with Gasteiger partial charge in [-0.05, 0) is 24.6 Å². The van der Waals surface area contributed by atoms with Crippen molar-refractivity contribution in [3.05, 3.63) is 39.7 Å². The van der Waals surface area contributed by atoms with Crippen molar-refractivity contribution >= 4 is 22.8 Å². The molecule has 0 saturated carbocycles. The molecule has 0 saturated heterocycles. The van der Waals surface area contributed by atoms with E-state index in [0.717, 1.165) is 6.42 Å². The van der Waals surface area contributed by atoms with Crippen LogP contribution in [0, 0.1) is 11.3 Å². The smallest absolute Gasteiger partial charge is 0.150 e. The van der Waals surface area contributed by atoms with Crippen LogP contribution in [0.25, 0.3) is 0 Å². The first-order valence-corrected chi connectivity index (χ1v) is 6.52. The molecule has 3 N–H and O–H groups in total. The van der Waals surface area contributed by atoms with Gasteiger partial charge in [-0.3, -0.25) is 0 Å². The standard InChI is InChI=1S/C13H14N4S/c1-2-10-3-4-11(18-10)8-17-13-12(15)9(7-14)5-6-16-13/h3-6H,2,8,15H2,1H3,(H,16,17). The van der Waals surface area contributed by atoms with Crippen LogP contribution in [-0.4, -0.2) is 4.98 Å². The molecule has 92 valence electrons. The summed E-state index contributed by atoms with van der Waals surface area (Å²) in [6.07, 6.45) is 2.64. The first kappa shape index (κ1) is 12.4. The van der Waals surface area contributed by atoms with Crippen molar-refractivity contribution in [2.45, 2.75) is 19.9 Å². The number of aryl methyl sites for hydroxylation is 1. The maximum absolute atomic E-state index is 8.88. The molecule has 0 bridgehead atoms. The van der Waals surface area contributed by atoms with Gasteiger partial charge in [0.1, 0.15) is 6.07 Å². The van der Waals surface area contributed by atoms with Crippen LogP contribution in [0.4, 0.5) is 11.5 Å². The van der Waals surface area contributed by atoms with Crippen molar-refractivity contribution in [1.82, 2.24) is 4.98 Å².